The number of pyridine rings is 2. The maximum Gasteiger partial charge on any atom is 0.344 e. The van der Waals surface area contributed by atoms with Crippen LogP contribution < -0.4 is 5.43 Å². The first-order valence-corrected chi connectivity index (χ1v) is 8.93. The number of fused-ring (bicyclic) bond motifs is 1. The van der Waals surface area contributed by atoms with Gasteiger partial charge in [-0.3, -0.25) is 9.59 Å². The van der Waals surface area contributed by atoms with Crippen LogP contribution in [-0.4, -0.2) is 45.5 Å². The molecule has 3 heterocycles. The molecule has 0 aliphatic carbocycles. The molecular weight excluding hydrogens is 334 g/mol. The summed E-state index contributed by atoms with van der Waals surface area (Å²) in [6.45, 7) is 7.22. The summed E-state index contributed by atoms with van der Waals surface area (Å²) >= 11 is 0. The number of likely N-dealkylation sites (tertiary alicyclic amines) is 1. The van der Waals surface area contributed by atoms with Gasteiger partial charge in [-0.25, -0.2) is 9.78 Å². The van der Waals surface area contributed by atoms with Crippen LogP contribution >= 0.6 is 0 Å². The number of nitrogens with zero attached hydrogens (tertiary/aromatic N) is 3. The summed E-state index contributed by atoms with van der Waals surface area (Å²) in [6.07, 6.45) is 2.48. The number of rotatable bonds is 4. The molecule has 1 aliphatic rings. The second-order valence-corrected chi connectivity index (χ2v) is 6.56. The molecule has 1 atom stereocenters. The molecule has 1 aliphatic heterocycles. The molecule has 0 saturated carbocycles. The van der Waals surface area contributed by atoms with Crippen LogP contribution in [-0.2, 0) is 16.1 Å². The summed E-state index contributed by atoms with van der Waals surface area (Å²) in [5.74, 6) is -0.996. The third-order valence-corrected chi connectivity index (χ3v) is 4.67. The lowest BCUT2D eigenvalue weighted by atomic mass is 10.2. The summed E-state index contributed by atoms with van der Waals surface area (Å²) in [5.41, 5.74) is 0.823. The molecule has 1 amide bonds. The molecule has 26 heavy (non-hydrogen) atoms. The first kappa shape index (κ1) is 18.1. The summed E-state index contributed by atoms with van der Waals surface area (Å²) < 4.78 is 7.04. The van der Waals surface area contributed by atoms with Crippen LogP contribution in [0.3, 0.4) is 0 Å². The van der Waals surface area contributed by atoms with Crippen molar-refractivity contribution in [2.75, 3.05) is 13.1 Å². The van der Waals surface area contributed by atoms with Crippen molar-refractivity contribution in [3.8, 4) is 0 Å². The summed E-state index contributed by atoms with van der Waals surface area (Å²) in [5, 5.41) is 0.366. The van der Waals surface area contributed by atoms with Crippen LogP contribution in [0.15, 0.2) is 23.1 Å². The second-order valence-electron chi connectivity index (χ2n) is 6.56. The fourth-order valence-electron chi connectivity index (χ4n) is 3.22. The first-order valence-electron chi connectivity index (χ1n) is 8.93. The van der Waals surface area contributed by atoms with Crippen molar-refractivity contribution in [1.82, 2.24) is 14.5 Å². The van der Waals surface area contributed by atoms with E-state index in [0.717, 1.165) is 18.5 Å². The molecule has 0 N–H and O–H groups in total. The molecule has 138 valence electrons. The fraction of sp³-hybridized carbons (Fsp3) is 0.474. The molecule has 1 saturated heterocycles. The average molecular weight is 357 g/mol. The lowest BCUT2D eigenvalue weighted by Gasteiger charge is -2.20. The molecule has 0 aromatic carbocycles. The van der Waals surface area contributed by atoms with Crippen molar-refractivity contribution in [3.63, 3.8) is 0 Å². The van der Waals surface area contributed by atoms with Crippen molar-refractivity contribution < 1.29 is 14.3 Å². The van der Waals surface area contributed by atoms with Crippen LogP contribution in [0.25, 0.3) is 11.0 Å². The van der Waals surface area contributed by atoms with E-state index in [0.29, 0.717) is 30.7 Å². The van der Waals surface area contributed by atoms with E-state index in [4.69, 9.17) is 4.74 Å². The number of hydrogen-bond donors (Lipinski definition) is 0. The van der Waals surface area contributed by atoms with Crippen LogP contribution in [0.4, 0.5) is 0 Å². The number of carbonyl (C=O) groups excluding carboxylic acids is 2. The van der Waals surface area contributed by atoms with E-state index in [1.807, 2.05) is 13.8 Å². The Morgan fingerprint density at radius 1 is 1.27 bits per heavy atom. The van der Waals surface area contributed by atoms with E-state index in [1.54, 1.807) is 28.5 Å². The molecule has 2 aromatic rings. The minimum absolute atomic E-state index is 0.0777. The Morgan fingerprint density at radius 2 is 1.96 bits per heavy atom. The minimum Gasteiger partial charge on any atom is -0.449 e. The molecule has 3 rings (SSSR count). The molecule has 0 radical (unpaired) electrons. The number of aromatic nitrogens is 2. The predicted molar refractivity (Wildman–Crippen MR) is 97.1 cm³/mol. The largest absolute Gasteiger partial charge is 0.449 e. The Bertz CT molecular complexity index is 913. The van der Waals surface area contributed by atoms with Gasteiger partial charge in [0.2, 0.25) is 5.43 Å². The van der Waals surface area contributed by atoms with Crippen molar-refractivity contribution in [3.05, 3.63) is 39.8 Å². The SMILES string of the molecule is CCn1cc(C(=O)O[C@H](C)C(=O)N2CCCC2)c(=O)c2ccc(C)nc21. The van der Waals surface area contributed by atoms with E-state index in [9.17, 15) is 14.4 Å². The van der Waals surface area contributed by atoms with Gasteiger partial charge in [-0.1, -0.05) is 0 Å². The fourth-order valence-corrected chi connectivity index (χ4v) is 3.22. The Balaban J connectivity index is 1.90. The van der Waals surface area contributed by atoms with E-state index < -0.39 is 17.5 Å². The number of carbonyl (C=O) groups is 2. The average Bonchev–Trinajstić information content (AvgIpc) is 3.15. The maximum absolute atomic E-state index is 12.7. The van der Waals surface area contributed by atoms with Gasteiger partial charge < -0.3 is 14.2 Å². The van der Waals surface area contributed by atoms with Crippen LogP contribution in [0.5, 0.6) is 0 Å². The van der Waals surface area contributed by atoms with Gasteiger partial charge in [0.1, 0.15) is 11.2 Å². The standard InChI is InChI=1S/C19H23N3O4/c1-4-21-11-15(16(23)14-8-7-12(2)20-17(14)21)19(25)26-13(3)18(24)22-9-5-6-10-22/h7-8,11,13H,4-6,9-10H2,1-3H3/t13-/m1/s1. The van der Waals surface area contributed by atoms with E-state index in [-0.39, 0.29) is 11.5 Å². The monoisotopic (exact) mass is 357 g/mol. The van der Waals surface area contributed by atoms with Crippen LogP contribution in [0.2, 0.25) is 0 Å². The molecule has 0 spiro atoms. The van der Waals surface area contributed by atoms with E-state index in [2.05, 4.69) is 4.98 Å². The number of hydrogen-bond acceptors (Lipinski definition) is 5. The highest BCUT2D eigenvalue weighted by atomic mass is 16.5. The van der Waals surface area contributed by atoms with Crippen molar-refractivity contribution in [2.45, 2.75) is 46.3 Å². The second kappa shape index (κ2) is 7.27. The topological polar surface area (TPSA) is 81.5 Å². The van der Waals surface area contributed by atoms with Gasteiger partial charge >= 0.3 is 5.97 Å². The smallest absolute Gasteiger partial charge is 0.344 e. The highest BCUT2D eigenvalue weighted by Crippen LogP contribution is 2.14. The third-order valence-electron chi connectivity index (χ3n) is 4.67. The Morgan fingerprint density at radius 3 is 2.62 bits per heavy atom. The molecule has 1 fully saturated rings. The zero-order valence-electron chi connectivity index (χ0n) is 15.3. The highest BCUT2D eigenvalue weighted by molar-refractivity contribution is 5.95. The quantitative estimate of drug-likeness (QED) is 0.781. The third kappa shape index (κ3) is 3.34. The number of aryl methyl sites for hydroxylation is 2. The van der Waals surface area contributed by atoms with Gasteiger partial charge in [0.25, 0.3) is 5.91 Å². The predicted octanol–water partition coefficient (Wildman–Crippen LogP) is 1.89. The zero-order chi connectivity index (χ0) is 18.8. The van der Waals surface area contributed by atoms with Gasteiger partial charge in [-0.05, 0) is 45.7 Å². The normalized spacial score (nSPS) is 15.3. The Kier molecular flexibility index (Phi) is 5.06. The number of amides is 1. The minimum atomic E-state index is -0.915. The first-order chi connectivity index (χ1) is 12.4. The summed E-state index contributed by atoms with van der Waals surface area (Å²) in [7, 11) is 0. The van der Waals surface area contributed by atoms with E-state index >= 15 is 0 Å². The van der Waals surface area contributed by atoms with Crippen molar-refractivity contribution >= 4 is 22.9 Å². The van der Waals surface area contributed by atoms with Gasteiger partial charge in [0.15, 0.2) is 6.10 Å². The lowest BCUT2D eigenvalue weighted by molar-refractivity contribution is -0.138. The number of esters is 1. The molecule has 0 bridgehead atoms. The maximum atomic E-state index is 12.7. The van der Waals surface area contributed by atoms with Gasteiger partial charge in [-0.15, -0.1) is 0 Å². The Hall–Kier alpha value is -2.70. The summed E-state index contributed by atoms with van der Waals surface area (Å²) in [4.78, 5) is 43.7. The molecule has 2 aromatic heterocycles. The van der Waals surface area contributed by atoms with Crippen LogP contribution in [0.1, 0.15) is 42.7 Å². The summed E-state index contributed by atoms with van der Waals surface area (Å²) in [6, 6.07) is 3.40. The Labute approximate surface area is 151 Å². The van der Waals surface area contributed by atoms with Gasteiger partial charge in [0.05, 0.1) is 5.39 Å². The molecule has 7 nitrogen and oxygen atoms in total. The van der Waals surface area contributed by atoms with Crippen LogP contribution in [0, 0.1) is 6.92 Å². The van der Waals surface area contributed by atoms with Gasteiger partial charge in [0, 0.05) is 31.5 Å². The molecule has 7 heteroatoms. The van der Waals surface area contributed by atoms with Crippen molar-refractivity contribution in [1.29, 1.82) is 0 Å². The molecular formula is C19H23N3O4. The zero-order valence-corrected chi connectivity index (χ0v) is 15.3. The van der Waals surface area contributed by atoms with Gasteiger partial charge in [-0.2, -0.15) is 0 Å². The number of ether oxygens (including phenoxy) is 1. The molecule has 0 unspecified atom stereocenters. The highest BCUT2D eigenvalue weighted by Gasteiger charge is 2.27. The van der Waals surface area contributed by atoms with Crippen molar-refractivity contribution in [2.24, 2.45) is 0 Å². The lowest BCUT2D eigenvalue weighted by Crippen LogP contribution is -2.38. The van der Waals surface area contributed by atoms with E-state index in [1.165, 1.54) is 6.20 Å².